The van der Waals surface area contributed by atoms with E-state index in [1.165, 1.54) is 12.3 Å². The fraction of sp³-hybridized carbons (Fsp3) is 0.500. The van der Waals surface area contributed by atoms with Gasteiger partial charge in [0.1, 0.15) is 5.82 Å². The first kappa shape index (κ1) is 11.2. The van der Waals surface area contributed by atoms with Crippen molar-refractivity contribution < 1.29 is 9.18 Å². The zero-order valence-corrected chi connectivity index (χ0v) is 9.29. The van der Waals surface area contributed by atoms with Gasteiger partial charge in [0, 0.05) is 17.2 Å². The molecule has 1 aromatic heterocycles. The van der Waals surface area contributed by atoms with Crippen LogP contribution in [0, 0.1) is 11.2 Å². The van der Waals surface area contributed by atoms with Crippen LogP contribution in [0.5, 0.6) is 0 Å². The Labute approximate surface area is 94.1 Å². The lowest BCUT2D eigenvalue weighted by atomic mass is 9.75. The van der Waals surface area contributed by atoms with E-state index in [1.807, 2.05) is 6.92 Å². The second-order valence-electron chi connectivity index (χ2n) is 4.53. The third-order valence-electron chi connectivity index (χ3n) is 3.22. The van der Waals surface area contributed by atoms with E-state index < -0.39 is 5.82 Å². The molecule has 3 nitrogen and oxygen atoms in total. The van der Waals surface area contributed by atoms with Gasteiger partial charge in [0.25, 0.3) is 0 Å². The second-order valence-corrected chi connectivity index (χ2v) is 4.53. The molecule has 0 aliphatic carbocycles. The van der Waals surface area contributed by atoms with Gasteiger partial charge in [-0.1, -0.05) is 6.92 Å². The van der Waals surface area contributed by atoms with Crippen LogP contribution in [0.4, 0.5) is 4.39 Å². The smallest absolute Gasteiger partial charge is 0.170 e. The molecule has 86 valence electrons. The van der Waals surface area contributed by atoms with Crippen molar-refractivity contribution in [3.05, 3.63) is 29.8 Å². The van der Waals surface area contributed by atoms with E-state index in [0.717, 1.165) is 32.1 Å². The minimum atomic E-state index is -0.455. The number of hydrogen-bond donors (Lipinski definition) is 1. The zero-order valence-electron chi connectivity index (χ0n) is 9.29. The van der Waals surface area contributed by atoms with Crippen molar-refractivity contribution in [3.8, 4) is 0 Å². The lowest BCUT2D eigenvalue weighted by molar-refractivity contribution is 0.0761. The number of rotatable bonds is 2. The maximum absolute atomic E-state index is 13.0. The summed E-state index contributed by atoms with van der Waals surface area (Å²) in [5, 5.41) is 3.22. The molecule has 0 spiro atoms. The van der Waals surface area contributed by atoms with Crippen LogP contribution in [0.3, 0.4) is 0 Å². The number of ketones is 1. The number of aromatic nitrogens is 1. The number of nitrogens with zero attached hydrogens (tertiary/aromatic N) is 1. The van der Waals surface area contributed by atoms with E-state index in [4.69, 9.17) is 0 Å². The Morgan fingerprint density at radius 3 is 2.75 bits per heavy atom. The number of halogens is 1. The van der Waals surface area contributed by atoms with Crippen molar-refractivity contribution in [2.45, 2.75) is 19.8 Å². The summed E-state index contributed by atoms with van der Waals surface area (Å²) in [5.74, 6) is -0.454. The Hall–Kier alpha value is -1.29. The SMILES string of the molecule is CC1(C(=O)c2cncc(F)c2)CCNCC1. The third kappa shape index (κ3) is 2.11. The molecule has 4 heteroatoms. The topological polar surface area (TPSA) is 42.0 Å². The average molecular weight is 222 g/mol. The predicted octanol–water partition coefficient (Wildman–Crippen LogP) is 1.79. The monoisotopic (exact) mass is 222 g/mol. The second kappa shape index (κ2) is 4.29. The Bertz CT molecular complexity index is 400. The molecular weight excluding hydrogens is 207 g/mol. The van der Waals surface area contributed by atoms with Crippen LogP contribution < -0.4 is 5.32 Å². The van der Waals surface area contributed by atoms with E-state index in [1.54, 1.807) is 0 Å². The van der Waals surface area contributed by atoms with Gasteiger partial charge in [-0.2, -0.15) is 0 Å². The maximum Gasteiger partial charge on any atom is 0.170 e. The van der Waals surface area contributed by atoms with E-state index in [9.17, 15) is 9.18 Å². The Balaban J connectivity index is 2.24. The Kier molecular flexibility index (Phi) is 3.01. The number of hydrogen-bond acceptors (Lipinski definition) is 3. The normalized spacial score (nSPS) is 19.4. The van der Waals surface area contributed by atoms with Crippen LogP contribution >= 0.6 is 0 Å². The Morgan fingerprint density at radius 2 is 2.12 bits per heavy atom. The summed E-state index contributed by atoms with van der Waals surface area (Å²) < 4.78 is 13.0. The largest absolute Gasteiger partial charge is 0.317 e. The minimum Gasteiger partial charge on any atom is -0.317 e. The Morgan fingerprint density at radius 1 is 1.44 bits per heavy atom. The standard InChI is InChI=1S/C12H15FN2O/c1-12(2-4-14-5-3-12)11(16)9-6-10(13)8-15-7-9/h6-8,14H,2-5H2,1H3. The van der Waals surface area contributed by atoms with Crippen LogP contribution in [0.15, 0.2) is 18.5 Å². The number of Topliss-reactive ketones (excluding diaryl/α,β-unsaturated/α-hetero) is 1. The number of carbonyl (C=O) groups excluding carboxylic acids is 1. The van der Waals surface area contributed by atoms with Crippen LogP contribution in [0.25, 0.3) is 0 Å². The molecule has 2 rings (SSSR count). The molecule has 16 heavy (non-hydrogen) atoms. The van der Waals surface area contributed by atoms with Gasteiger partial charge in [-0.05, 0) is 32.0 Å². The maximum atomic E-state index is 13.0. The highest BCUT2D eigenvalue weighted by Gasteiger charge is 2.35. The quantitative estimate of drug-likeness (QED) is 0.776. The first-order valence-electron chi connectivity index (χ1n) is 5.48. The van der Waals surface area contributed by atoms with Crippen molar-refractivity contribution in [2.75, 3.05) is 13.1 Å². The summed E-state index contributed by atoms with van der Waals surface area (Å²) in [6.45, 7) is 3.62. The molecule has 0 bridgehead atoms. The summed E-state index contributed by atoms with van der Waals surface area (Å²) in [6.07, 6.45) is 4.14. The fourth-order valence-electron chi connectivity index (χ4n) is 2.09. The summed E-state index contributed by atoms with van der Waals surface area (Å²) >= 11 is 0. The molecule has 1 aliphatic rings. The van der Waals surface area contributed by atoms with Gasteiger partial charge in [-0.15, -0.1) is 0 Å². The summed E-state index contributed by atoms with van der Waals surface area (Å²) in [5.41, 5.74) is 0.00479. The van der Waals surface area contributed by atoms with Gasteiger partial charge in [0.2, 0.25) is 0 Å². The van der Waals surface area contributed by atoms with E-state index in [2.05, 4.69) is 10.3 Å². The van der Waals surface area contributed by atoms with E-state index in [0.29, 0.717) is 5.56 Å². The van der Waals surface area contributed by atoms with E-state index >= 15 is 0 Å². The first-order chi connectivity index (χ1) is 7.62. The molecule has 1 N–H and O–H groups in total. The number of pyridine rings is 1. The molecule has 0 aromatic carbocycles. The first-order valence-corrected chi connectivity index (χ1v) is 5.48. The summed E-state index contributed by atoms with van der Waals surface area (Å²) in [6, 6.07) is 1.27. The molecule has 1 saturated heterocycles. The van der Waals surface area contributed by atoms with Crippen molar-refractivity contribution >= 4 is 5.78 Å². The minimum absolute atomic E-state index is 0.000926. The van der Waals surface area contributed by atoms with Gasteiger partial charge in [-0.25, -0.2) is 4.39 Å². The summed E-state index contributed by atoms with van der Waals surface area (Å²) in [4.78, 5) is 16.0. The lowest BCUT2D eigenvalue weighted by Crippen LogP contribution is -2.40. The predicted molar refractivity (Wildman–Crippen MR) is 58.7 cm³/mol. The van der Waals surface area contributed by atoms with Crippen LogP contribution in [0.2, 0.25) is 0 Å². The van der Waals surface area contributed by atoms with Crippen molar-refractivity contribution in [1.29, 1.82) is 0 Å². The molecule has 0 atom stereocenters. The molecular formula is C12H15FN2O. The number of nitrogens with one attached hydrogen (secondary N) is 1. The zero-order chi connectivity index (χ0) is 11.6. The molecule has 0 radical (unpaired) electrons. The number of piperidine rings is 1. The fourth-order valence-corrected chi connectivity index (χ4v) is 2.09. The van der Waals surface area contributed by atoms with Gasteiger partial charge in [-0.3, -0.25) is 9.78 Å². The number of carbonyl (C=O) groups is 1. The van der Waals surface area contributed by atoms with Gasteiger partial charge in [0.05, 0.1) is 6.20 Å². The highest BCUT2D eigenvalue weighted by molar-refractivity contribution is 6.00. The lowest BCUT2D eigenvalue weighted by Gasteiger charge is -2.32. The van der Waals surface area contributed by atoms with E-state index in [-0.39, 0.29) is 11.2 Å². The van der Waals surface area contributed by atoms with Crippen LogP contribution in [0.1, 0.15) is 30.1 Å². The average Bonchev–Trinajstić information content (AvgIpc) is 2.29. The van der Waals surface area contributed by atoms with Gasteiger partial charge < -0.3 is 5.32 Å². The van der Waals surface area contributed by atoms with Gasteiger partial charge in [0.15, 0.2) is 5.78 Å². The molecule has 2 heterocycles. The van der Waals surface area contributed by atoms with Crippen LogP contribution in [-0.2, 0) is 0 Å². The molecule has 0 amide bonds. The van der Waals surface area contributed by atoms with Crippen LogP contribution in [-0.4, -0.2) is 23.9 Å². The van der Waals surface area contributed by atoms with Crippen molar-refractivity contribution in [2.24, 2.45) is 5.41 Å². The molecule has 0 saturated carbocycles. The highest BCUT2D eigenvalue weighted by atomic mass is 19.1. The molecule has 1 fully saturated rings. The molecule has 0 unspecified atom stereocenters. The van der Waals surface area contributed by atoms with Crippen molar-refractivity contribution in [3.63, 3.8) is 0 Å². The van der Waals surface area contributed by atoms with Gasteiger partial charge >= 0.3 is 0 Å². The summed E-state index contributed by atoms with van der Waals surface area (Å²) in [7, 11) is 0. The molecule has 1 aromatic rings. The molecule has 1 aliphatic heterocycles. The highest BCUT2D eigenvalue weighted by Crippen LogP contribution is 2.31. The van der Waals surface area contributed by atoms with Crippen molar-refractivity contribution in [1.82, 2.24) is 10.3 Å². The third-order valence-corrected chi connectivity index (χ3v) is 3.22.